The smallest absolute Gasteiger partial charge is 0.0891 e. The minimum Gasteiger partial charge on any atom is -0.375 e. The summed E-state index contributed by atoms with van der Waals surface area (Å²) in [5, 5.41) is 3.43. The second-order valence-corrected chi connectivity index (χ2v) is 5.43. The molecule has 3 heteroatoms. The number of rotatable bonds is 8. The first-order chi connectivity index (χ1) is 8.75. The molecular formula is C15H24N2O. The Kier molecular flexibility index (Phi) is 5.14. The standard InChI is InChI=1S/C15H24N2O/c1-12(2)17-10-14-4-3-8-16-15(14)11-18-9-7-13-5-6-13/h3-4,8,12-13,17H,5-7,9-11H2,1-2H3. The molecule has 0 aromatic carbocycles. The van der Waals surface area contributed by atoms with Gasteiger partial charge >= 0.3 is 0 Å². The molecule has 1 aliphatic rings. The van der Waals surface area contributed by atoms with Crippen molar-refractivity contribution < 1.29 is 4.74 Å². The van der Waals surface area contributed by atoms with Crippen LogP contribution in [0.1, 0.15) is 44.4 Å². The van der Waals surface area contributed by atoms with Crippen LogP contribution < -0.4 is 5.32 Å². The van der Waals surface area contributed by atoms with Crippen LogP contribution in [0.15, 0.2) is 18.3 Å². The third kappa shape index (κ3) is 4.75. The number of ether oxygens (including phenoxy) is 1. The second kappa shape index (κ2) is 6.86. The van der Waals surface area contributed by atoms with Crippen LogP contribution in [0.2, 0.25) is 0 Å². The molecule has 1 N–H and O–H groups in total. The molecule has 0 bridgehead atoms. The van der Waals surface area contributed by atoms with Crippen LogP contribution >= 0.6 is 0 Å². The van der Waals surface area contributed by atoms with Gasteiger partial charge in [0.15, 0.2) is 0 Å². The van der Waals surface area contributed by atoms with Gasteiger partial charge in [0.2, 0.25) is 0 Å². The molecule has 0 atom stereocenters. The number of hydrogen-bond acceptors (Lipinski definition) is 3. The van der Waals surface area contributed by atoms with E-state index in [1.807, 2.05) is 12.3 Å². The Balaban J connectivity index is 1.77. The Bertz CT molecular complexity index is 361. The van der Waals surface area contributed by atoms with Gasteiger partial charge in [-0.3, -0.25) is 4.98 Å². The quantitative estimate of drug-likeness (QED) is 0.718. The van der Waals surface area contributed by atoms with Crippen molar-refractivity contribution in [1.82, 2.24) is 10.3 Å². The van der Waals surface area contributed by atoms with Gasteiger partial charge in [-0.1, -0.05) is 32.8 Å². The van der Waals surface area contributed by atoms with Crippen molar-refractivity contribution in [2.45, 2.75) is 52.3 Å². The van der Waals surface area contributed by atoms with Gasteiger partial charge in [0.25, 0.3) is 0 Å². The van der Waals surface area contributed by atoms with E-state index in [1.54, 1.807) is 0 Å². The fourth-order valence-electron chi connectivity index (χ4n) is 1.90. The maximum Gasteiger partial charge on any atom is 0.0891 e. The molecule has 0 unspecified atom stereocenters. The van der Waals surface area contributed by atoms with Gasteiger partial charge in [-0.15, -0.1) is 0 Å². The fourth-order valence-corrected chi connectivity index (χ4v) is 1.90. The van der Waals surface area contributed by atoms with E-state index < -0.39 is 0 Å². The van der Waals surface area contributed by atoms with E-state index in [4.69, 9.17) is 4.74 Å². The van der Waals surface area contributed by atoms with E-state index in [1.165, 1.54) is 24.8 Å². The van der Waals surface area contributed by atoms with Gasteiger partial charge in [0.05, 0.1) is 12.3 Å². The first kappa shape index (κ1) is 13.5. The van der Waals surface area contributed by atoms with Crippen LogP contribution in [0, 0.1) is 5.92 Å². The molecule has 1 aliphatic carbocycles. The molecule has 0 radical (unpaired) electrons. The average Bonchev–Trinajstić information content (AvgIpc) is 3.17. The van der Waals surface area contributed by atoms with Gasteiger partial charge in [-0.05, 0) is 24.0 Å². The third-order valence-corrected chi connectivity index (χ3v) is 3.29. The van der Waals surface area contributed by atoms with E-state index >= 15 is 0 Å². The Labute approximate surface area is 110 Å². The van der Waals surface area contributed by atoms with Crippen molar-refractivity contribution in [3.05, 3.63) is 29.6 Å². The van der Waals surface area contributed by atoms with Gasteiger partial charge in [0.1, 0.15) is 0 Å². The van der Waals surface area contributed by atoms with Crippen molar-refractivity contribution in [2.75, 3.05) is 6.61 Å². The lowest BCUT2D eigenvalue weighted by molar-refractivity contribution is 0.112. The summed E-state index contributed by atoms with van der Waals surface area (Å²) in [5.41, 5.74) is 2.32. The van der Waals surface area contributed by atoms with Crippen LogP contribution in [-0.4, -0.2) is 17.6 Å². The summed E-state index contributed by atoms with van der Waals surface area (Å²) in [6.07, 6.45) is 5.86. The minimum atomic E-state index is 0.494. The zero-order valence-corrected chi connectivity index (χ0v) is 11.5. The predicted molar refractivity (Wildman–Crippen MR) is 73.2 cm³/mol. The average molecular weight is 248 g/mol. The van der Waals surface area contributed by atoms with Crippen LogP contribution in [0.5, 0.6) is 0 Å². The second-order valence-electron chi connectivity index (χ2n) is 5.43. The third-order valence-electron chi connectivity index (χ3n) is 3.29. The highest BCUT2D eigenvalue weighted by atomic mass is 16.5. The first-order valence-electron chi connectivity index (χ1n) is 6.99. The molecule has 2 rings (SSSR count). The van der Waals surface area contributed by atoms with E-state index in [-0.39, 0.29) is 0 Å². The van der Waals surface area contributed by atoms with E-state index in [9.17, 15) is 0 Å². The van der Waals surface area contributed by atoms with Gasteiger partial charge in [-0.25, -0.2) is 0 Å². The molecule has 18 heavy (non-hydrogen) atoms. The lowest BCUT2D eigenvalue weighted by Crippen LogP contribution is -2.22. The zero-order chi connectivity index (χ0) is 12.8. The van der Waals surface area contributed by atoms with Crippen molar-refractivity contribution in [3.63, 3.8) is 0 Å². The molecule has 1 aromatic rings. The highest BCUT2D eigenvalue weighted by Gasteiger charge is 2.20. The molecule has 100 valence electrons. The molecule has 1 heterocycles. The summed E-state index contributed by atoms with van der Waals surface area (Å²) >= 11 is 0. The lowest BCUT2D eigenvalue weighted by atomic mass is 10.2. The summed E-state index contributed by atoms with van der Waals surface area (Å²) in [4.78, 5) is 4.42. The van der Waals surface area contributed by atoms with Gasteiger partial charge in [-0.2, -0.15) is 0 Å². The summed E-state index contributed by atoms with van der Waals surface area (Å²) in [6.45, 7) is 6.69. The van der Waals surface area contributed by atoms with Gasteiger partial charge < -0.3 is 10.1 Å². The molecule has 1 aromatic heterocycles. The summed E-state index contributed by atoms with van der Waals surface area (Å²) in [7, 11) is 0. The molecule has 3 nitrogen and oxygen atoms in total. The summed E-state index contributed by atoms with van der Waals surface area (Å²) in [5.74, 6) is 0.941. The monoisotopic (exact) mass is 248 g/mol. The van der Waals surface area contributed by atoms with Crippen molar-refractivity contribution in [3.8, 4) is 0 Å². The van der Waals surface area contributed by atoms with E-state index in [0.717, 1.165) is 24.8 Å². The van der Waals surface area contributed by atoms with E-state index in [2.05, 4.69) is 30.2 Å². The SMILES string of the molecule is CC(C)NCc1cccnc1COCCC1CC1. The van der Waals surface area contributed by atoms with Crippen molar-refractivity contribution >= 4 is 0 Å². The number of nitrogens with zero attached hydrogens (tertiary/aromatic N) is 1. The highest BCUT2D eigenvalue weighted by molar-refractivity contribution is 5.19. The maximum absolute atomic E-state index is 5.73. The number of nitrogens with one attached hydrogen (secondary N) is 1. The molecular weight excluding hydrogens is 224 g/mol. The Morgan fingerprint density at radius 3 is 3.00 bits per heavy atom. The largest absolute Gasteiger partial charge is 0.375 e. The van der Waals surface area contributed by atoms with Crippen LogP contribution in [-0.2, 0) is 17.9 Å². The van der Waals surface area contributed by atoms with E-state index in [0.29, 0.717) is 12.6 Å². The maximum atomic E-state index is 5.73. The molecule has 0 saturated heterocycles. The van der Waals surface area contributed by atoms with Crippen LogP contribution in [0.3, 0.4) is 0 Å². The lowest BCUT2D eigenvalue weighted by Gasteiger charge is -2.12. The molecule has 1 saturated carbocycles. The predicted octanol–water partition coefficient (Wildman–Crippen LogP) is 2.90. The Morgan fingerprint density at radius 1 is 1.44 bits per heavy atom. The molecule has 0 aliphatic heterocycles. The number of hydrogen-bond donors (Lipinski definition) is 1. The van der Waals surface area contributed by atoms with Crippen molar-refractivity contribution in [1.29, 1.82) is 0 Å². The Morgan fingerprint density at radius 2 is 2.28 bits per heavy atom. The highest BCUT2D eigenvalue weighted by Crippen LogP contribution is 2.32. The molecule has 0 spiro atoms. The number of aromatic nitrogens is 1. The first-order valence-corrected chi connectivity index (χ1v) is 6.99. The van der Waals surface area contributed by atoms with Crippen LogP contribution in [0.4, 0.5) is 0 Å². The Hall–Kier alpha value is -0.930. The molecule has 0 amide bonds. The summed E-state index contributed by atoms with van der Waals surface area (Å²) < 4.78 is 5.73. The topological polar surface area (TPSA) is 34.2 Å². The minimum absolute atomic E-state index is 0.494. The number of pyridine rings is 1. The van der Waals surface area contributed by atoms with Gasteiger partial charge in [0, 0.05) is 25.4 Å². The van der Waals surface area contributed by atoms with Crippen LogP contribution in [0.25, 0.3) is 0 Å². The zero-order valence-electron chi connectivity index (χ0n) is 11.5. The summed E-state index contributed by atoms with van der Waals surface area (Å²) in [6, 6.07) is 4.61. The normalized spacial score (nSPS) is 15.3. The fraction of sp³-hybridized carbons (Fsp3) is 0.667. The molecule has 1 fully saturated rings. The van der Waals surface area contributed by atoms with Crippen molar-refractivity contribution in [2.24, 2.45) is 5.92 Å².